The van der Waals surface area contributed by atoms with Crippen molar-refractivity contribution in [3.05, 3.63) is 119 Å². The first-order chi connectivity index (χ1) is 16.6. The van der Waals surface area contributed by atoms with Crippen molar-refractivity contribution in [1.29, 1.82) is 0 Å². The van der Waals surface area contributed by atoms with Gasteiger partial charge >= 0.3 is 0 Å². The minimum atomic E-state index is -0.364. The minimum Gasteiger partial charge on any atom is -0.463 e. The highest BCUT2D eigenvalue weighted by Crippen LogP contribution is 2.31. The molecule has 166 valence electrons. The fraction of sp³-hybridized carbons (Fsp3) is 0.0370. The van der Waals surface area contributed by atoms with Crippen molar-refractivity contribution in [2.75, 3.05) is 5.01 Å². The maximum atomic E-state index is 13.5. The molecule has 0 saturated carbocycles. The molecule has 2 aromatic heterocycles. The van der Waals surface area contributed by atoms with Crippen molar-refractivity contribution < 1.29 is 14.0 Å². The molecular weight excluding hydrogens is 446 g/mol. The number of aromatic nitrogens is 1. The Morgan fingerprint density at radius 3 is 2.38 bits per heavy atom. The van der Waals surface area contributed by atoms with Gasteiger partial charge in [0.15, 0.2) is 5.78 Å². The van der Waals surface area contributed by atoms with Gasteiger partial charge in [0, 0.05) is 16.7 Å². The first-order valence-corrected chi connectivity index (χ1v) is 11.4. The first-order valence-electron chi connectivity index (χ1n) is 10.6. The molecule has 34 heavy (non-hydrogen) atoms. The van der Waals surface area contributed by atoms with Crippen molar-refractivity contribution in [3.63, 3.8) is 0 Å². The third-order valence-electron chi connectivity index (χ3n) is 5.18. The molecule has 7 heteroatoms. The second-order valence-corrected chi connectivity index (χ2v) is 8.63. The van der Waals surface area contributed by atoms with Gasteiger partial charge in [-0.25, -0.2) is 4.98 Å². The molecule has 2 heterocycles. The summed E-state index contributed by atoms with van der Waals surface area (Å²) in [7, 11) is 0. The number of aryl methyl sites for hydroxylation is 1. The monoisotopic (exact) mass is 465 g/mol. The number of fused-ring (bicyclic) bond motifs is 1. The number of amides is 1. The van der Waals surface area contributed by atoms with E-state index in [0.29, 0.717) is 27.6 Å². The number of thiazole rings is 1. The molecule has 0 spiro atoms. The maximum absolute atomic E-state index is 13.5. The van der Waals surface area contributed by atoms with E-state index in [1.165, 1.54) is 28.8 Å². The van der Waals surface area contributed by atoms with Crippen LogP contribution < -0.4 is 5.01 Å². The molecular formula is C27H19N3O3S. The summed E-state index contributed by atoms with van der Waals surface area (Å²) in [6.45, 7) is 2.01. The van der Waals surface area contributed by atoms with Crippen molar-refractivity contribution in [3.8, 4) is 0 Å². The molecule has 5 rings (SSSR count). The topological polar surface area (TPSA) is 75.8 Å². The zero-order chi connectivity index (χ0) is 23.5. The molecule has 5 aromatic rings. The smallest absolute Gasteiger partial charge is 0.280 e. The number of rotatable bonds is 6. The van der Waals surface area contributed by atoms with E-state index in [2.05, 4.69) is 10.1 Å². The van der Waals surface area contributed by atoms with Gasteiger partial charge in [0.05, 0.1) is 22.7 Å². The Kier molecular flexibility index (Phi) is 5.84. The summed E-state index contributed by atoms with van der Waals surface area (Å²) in [6.07, 6.45) is 3.01. The molecule has 0 saturated heterocycles. The van der Waals surface area contributed by atoms with E-state index in [9.17, 15) is 9.59 Å². The van der Waals surface area contributed by atoms with Crippen LogP contribution in [0.2, 0.25) is 0 Å². The van der Waals surface area contributed by atoms with Crippen LogP contribution >= 0.6 is 11.3 Å². The predicted molar refractivity (Wildman–Crippen MR) is 134 cm³/mol. The van der Waals surface area contributed by atoms with Crippen LogP contribution in [0.4, 0.5) is 5.13 Å². The molecule has 6 nitrogen and oxygen atoms in total. The Labute approximate surface area is 199 Å². The van der Waals surface area contributed by atoms with Crippen molar-refractivity contribution in [2.45, 2.75) is 6.92 Å². The predicted octanol–water partition coefficient (Wildman–Crippen LogP) is 6.11. The number of nitrogens with zero attached hydrogens (tertiary/aromatic N) is 3. The van der Waals surface area contributed by atoms with Crippen LogP contribution in [0.5, 0.6) is 0 Å². The molecule has 0 N–H and O–H groups in total. The molecule has 0 aliphatic heterocycles. The highest BCUT2D eigenvalue weighted by atomic mass is 32.1. The van der Waals surface area contributed by atoms with Gasteiger partial charge in [-0.3, -0.25) is 9.59 Å². The summed E-state index contributed by atoms with van der Waals surface area (Å²) in [5.74, 6) is 0.0460. The van der Waals surface area contributed by atoms with Crippen molar-refractivity contribution in [1.82, 2.24) is 4.98 Å². The van der Waals surface area contributed by atoms with E-state index in [-0.39, 0.29) is 11.7 Å². The SMILES string of the molecule is Cc1ccc2nc(N(/N=C/c3ccco3)C(=O)c3ccc(C(=O)c4ccccc4)cc3)sc2c1. The molecule has 0 fully saturated rings. The van der Waals surface area contributed by atoms with Gasteiger partial charge in [0.1, 0.15) is 5.76 Å². The summed E-state index contributed by atoms with van der Waals surface area (Å²) in [4.78, 5) is 30.8. The Morgan fingerprint density at radius 2 is 1.65 bits per heavy atom. The Hall–Kier alpha value is -4.36. The Morgan fingerprint density at radius 1 is 0.912 bits per heavy atom. The number of furan rings is 1. The average molecular weight is 466 g/mol. The molecule has 0 bridgehead atoms. The quantitative estimate of drug-likeness (QED) is 0.172. The molecule has 0 radical (unpaired) electrons. The number of carbonyl (C=O) groups excluding carboxylic acids is 2. The molecule has 3 aromatic carbocycles. The van der Waals surface area contributed by atoms with E-state index >= 15 is 0 Å². The summed E-state index contributed by atoms with van der Waals surface area (Å²) in [5, 5.41) is 6.08. The van der Waals surface area contributed by atoms with Crippen LogP contribution in [0, 0.1) is 6.92 Å². The summed E-state index contributed by atoms with van der Waals surface area (Å²) in [6, 6.07) is 25.0. The van der Waals surface area contributed by atoms with Crippen LogP contribution in [0.25, 0.3) is 10.2 Å². The zero-order valence-corrected chi connectivity index (χ0v) is 19.0. The number of benzene rings is 3. The highest BCUT2D eigenvalue weighted by molar-refractivity contribution is 7.22. The lowest BCUT2D eigenvalue weighted by Crippen LogP contribution is -2.25. The number of hydrogen-bond donors (Lipinski definition) is 0. The molecule has 0 aliphatic carbocycles. The fourth-order valence-electron chi connectivity index (χ4n) is 3.42. The number of anilines is 1. The van der Waals surface area contributed by atoms with E-state index in [0.717, 1.165) is 15.8 Å². The van der Waals surface area contributed by atoms with E-state index < -0.39 is 0 Å². The second-order valence-electron chi connectivity index (χ2n) is 7.62. The van der Waals surface area contributed by atoms with Crippen LogP contribution in [-0.2, 0) is 0 Å². The van der Waals surface area contributed by atoms with Crippen LogP contribution in [-0.4, -0.2) is 22.9 Å². The fourth-order valence-corrected chi connectivity index (χ4v) is 4.44. The largest absolute Gasteiger partial charge is 0.463 e. The minimum absolute atomic E-state index is 0.103. The summed E-state index contributed by atoms with van der Waals surface area (Å²) in [5.41, 5.74) is 3.38. The van der Waals surface area contributed by atoms with Gasteiger partial charge in [-0.2, -0.15) is 10.1 Å². The number of hydrogen-bond acceptors (Lipinski definition) is 6. The molecule has 1 amide bonds. The van der Waals surface area contributed by atoms with Gasteiger partial charge in [-0.05, 0) is 48.9 Å². The standard InChI is InChI=1S/C27H19N3O3S/c1-18-9-14-23-24(16-18)34-27(29-23)30(28-17-22-8-5-15-33-22)26(32)21-12-10-20(11-13-21)25(31)19-6-3-2-4-7-19/h2-17H,1H3/b28-17+. The Balaban J connectivity index is 1.48. The number of carbonyl (C=O) groups is 2. The maximum Gasteiger partial charge on any atom is 0.280 e. The van der Waals surface area contributed by atoms with Gasteiger partial charge in [0.2, 0.25) is 5.13 Å². The van der Waals surface area contributed by atoms with Gasteiger partial charge in [-0.1, -0.05) is 59.9 Å². The summed E-state index contributed by atoms with van der Waals surface area (Å²) < 4.78 is 6.29. The number of hydrazone groups is 1. The van der Waals surface area contributed by atoms with Gasteiger partial charge in [-0.15, -0.1) is 0 Å². The Bertz CT molecular complexity index is 1490. The van der Waals surface area contributed by atoms with Crippen LogP contribution in [0.1, 0.15) is 37.6 Å². The number of ketones is 1. The lowest BCUT2D eigenvalue weighted by molar-refractivity contribution is 0.0985. The van der Waals surface area contributed by atoms with Crippen molar-refractivity contribution in [2.24, 2.45) is 5.10 Å². The summed E-state index contributed by atoms with van der Waals surface area (Å²) >= 11 is 1.38. The van der Waals surface area contributed by atoms with Crippen molar-refractivity contribution >= 4 is 44.6 Å². The third kappa shape index (κ3) is 4.42. The van der Waals surface area contributed by atoms with Crippen LogP contribution in [0.15, 0.2) is 101 Å². The molecule has 0 aliphatic rings. The normalized spacial score (nSPS) is 11.2. The third-order valence-corrected chi connectivity index (χ3v) is 6.17. The van der Waals surface area contributed by atoms with E-state index in [1.807, 2.05) is 43.3 Å². The lowest BCUT2D eigenvalue weighted by Gasteiger charge is -2.14. The second kappa shape index (κ2) is 9.25. The highest BCUT2D eigenvalue weighted by Gasteiger charge is 2.22. The van der Waals surface area contributed by atoms with E-state index in [4.69, 9.17) is 4.42 Å². The van der Waals surface area contributed by atoms with Gasteiger partial charge < -0.3 is 4.42 Å². The van der Waals surface area contributed by atoms with Crippen LogP contribution in [0.3, 0.4) is 0 Å². The zero-order valence-electron chi connectivity index (χ0n) is 18.2. The van der Waals surface area contributed by atoms with E-state index in [1.54, 1.807) is 48.5 Å². The van der Waals surface area contributed by atoms with Gasteiger partial charge in [0.25, 0.3) is 5.91 Å². The molecule has 0 unspecified atom stereocenters. The average Bonchev–Trinajstić information content (AvgIpc) is 3.54. The first kappa shape index (κ1) is 21.5. The lowest BCUT2D eigenvalue weighted by atomic mass is 10.0. The molecule has 0 atom stereocenters.